The van der Waals surface area contributed by atoms with Gasteiger partial charge >= 0.3 is 0 Å². The molecule has 110 valence electrons. The van der Waals surface area contributed by atoms with Crippen molar-refractivity contribution in [2.45, 2.75) is 26.1 Å². The molecule has 21 heavy (non-hydrogen) atoms. The number of hydrogen-bond acceptors (Lipinski definition) is 2. The summed E-state index contributed by atoms with van der Waals surface area (Å²) in [7, 11) is 0. The zero-order chi connectivity index (χ0) is 14.9. The average Bonchev–Trinajstić information content (AvgIpc) is 2.53. The number of rotatable bonds is 7. The fourth-order valence-corrected chi connectivity index (χ4v) is 2.13. The molecule has 0 aliphatic heterocycles. The van der Waals surface area contributed by atoms with E-state index in [1.165, 1.54) is 5.56 Å². The van der Waals surface area contributed by atoms with E-state index in [0.717, 1.165) is 11.1 Å². The molecule has 0 saturated heterocycles. The Bertz CT molecular complexity index is 546. The van der Waals surface area contributed by atoms with Crippen LogP contribution in [-0.2, 0) is 11.3 Å². The van der Waals surface area contributed by atoms with E-state index in [-0.39, 0.29) is 0 Å². The van der Waals surface area contributed by atoms with E-state index in [1.807, 2.05) is 61.5 Å². The molecule has 1 N–H and O–H groups in total. The monoisotopic (exact) mass is 282 g/mol. The van der Waals surface area contributed by atoms with Gasteiger partial charge in [-0.3, -0.25) is 0 Å². The maximum absolute atomic E-state index is 10.1. The van der Waals surface area contributed by atoms with Crippen molar-refractivity contribution >= 4 is 0 Å². The predicted molar refractivity (Wildman–Crippen MR) is 85.9 cm³/mol. The number of benzene rings is 2. The van der Waals surface area contributed by atoms with Gasteiger partial charge in [-0.25, -0.2) is 0 Å². The lowest BCUT2D eigenvalue weighted by atomic mass is 10.0. The molecule has 2 aromatic rings. The molecule has 1 unspecified atom stereocenters. The number of aliphatic hydroxyl groups is 1. The maximum Gasteiger partial charge on any atom is 0.0827 e. The molecular formula is C19H22O2. The summed E-state index contributed by atoms with van der Waals surface area (Å²) in [6.45, 7) is 3.21. The fraction of sp³-hybridized carbons (Fsp3) is 0.263. The molecule has 0 heterocycles. The van der Waals surface area contributed by atoms with E-state index < -0.39 is 6.10 Å². The van der Waals surface area contributed by atoms with E-state index >= 15 is 0 Å². The average molecular weight is 282 g/mol. The molecule has 0 aliphatic rings. The summed E-state index contributed by atoms with van der Waals surface area (Å²) in [4.78, 5) is 0. The van der Waals surface area contributed by atoms with Gasteiger partial charge in [0.05, 0.1) is 19.3 Å². The minimum absolute atomic E-state index is 0.448. The van der Waals surface area contributed by atoms with Crippen LogP contribution in [0.4, 0.5) is 0 Å². The molecule has 1 atom stereocenters. The summed E-state index contributed by atoms with van der Waals surface area (Å²) >= 11 is 0. The maximum atomic E-state index is 10.1. The SMILES string of the molecule is C/C(=C/COCc1ccccc1)CC(O)c1ccccc1. The zero-order valence-corrected chi connectivity index (χ0v) is 12.4. The van der Waals surface area contributed by atoms with Crippen LogP contribution < -0.4 is 0 Å². The highest BCUT2D eigenvalue weighted by Gasteiger charge is 2.06. The Hall–Kier alpha value is -1.90. The van der Waals surface area contributed by atoms with E-state index in [9.17, 15) is 5.11 Å². The lowest BCUT2D eigenvalue weighted by Crippen LogP contribution is -1.99. The van der Waals surface area contributed by atoms with Crippen molar-refractivity contribution in [2.24, 2.45) is 0 Å². The van der Waals surface area contributed by atoms with Crippen LogP contribution >= 0.6 is 0 Å². The molecule has 0 saturated carbocycles. The smallest absolute Gasteiger partial charge is 0.0827 e. The van der Waals surface area contributed by atoms with Crippen LogP contribution in [0.15, 0.2) is 72.3 Å². The summed E-state index contributed by atoms with van der Waals surface area (Å²) in [6.07, 6.45) is 2.23. The van der Waals surface area contributed by atoms with Crippen molar-refractivity contribution in [1.29, 1.82) is 0 Å². The Labute approximate surface area is 126 Å². The standard InChI is InChI=1S/C19H22O2/c1-16(14-19(20)18-10-6-3-7-11-18)12-13-21-15-17-8-4-2-5-9-17/h2-12,19-20H,13-15H2,1H3/b16-12-. The van der Waals surface area contributed by atoms with Crippen molar-refractivity contribution in [1.82, 2.24) is 0 Å². The van der Waals surface area contributed by atoms with Crippen molar-refractivity contribution in [3.05, 3.63) is 83.4 Å². The lowest BCUT2D eigenvalue weighted by Gasteiger charge is -2.11. The van der Waals surface area contributed by atoms with Crippen molar-refractivity contribution < 1.29 is 9.84 Å². The first-order valence-corrected chi connectivity index (χ1v) is 7.26. The van der Waals surface area contributed by atoms with Gasteiger partial charge in [-0.2, -0.15) is 0 Å². The topological polar surface area (TPSA) is 29.5 Å². The van der Waals surface area contributed by atoms with E-state index in [2.05, 4.69) is 12.1 Å². The Morgan fingerprint density at radius 2 is 1.67 bits per heavy atom. The van der Waals surface area contributed by atoms with Gasteiger partial charge in [0.15, 0.2) is 0 Å². The molecule has 0 spiro atoms. The van der Waals surface area contributed by atoms with Crippen LogP contribution in [0.5, 0.6) is 0 Å². The summed E-state index contributed by atoms with van der Waals surface area (Å²) in [6, 6.07) is 19.9. The normalized spacial score (nSPS) is 13.1. The van der Waals surface area contributed by atoms with Crippen molar-refractivity contribution in [3.63, 3.8) is 0 Å². The first-order valence-electron chi connectivity index (χ1n) is 7.26. The van der Waals surface area contributed by atoms with E-state index in [1.54, 1.807) is 0 Å². The van der Waals surface area contributed by atoms with Crippen molar-refractivity contribution in [2.75, 3.05) is 6.61 Å². The third-order valence-corrected chi connectivity index (χ3v) is 3.36. The minimum atomic E-state index is -0.448. The molecular weight excluding hydrogens is 260 g/mol. The van der Waals surface area contributed by atoms with Crippen LogP contribution in [0.2, 0.25) is 0 Å². The van der Waals surface area contributed by atoms with Gasteiger partial charge in [-0.1, -0.05) is 72.3 Å². The molecule has 2 aromatic carbocycles. The highest BCUT2D eigenvalue weighted by molar-refractivity contribution is 5.19. The summed E-state index contributed by atoms with van der Waals surface area (Å²) in [5.74, 6) is 0. The van der Waals surface area contributed by atoms with Gasteiger partial charge in [-0.05, 0) is 24.5 Å². The first-order chi connectivity index (χ1) is 10.3. The second kappa shape index (κ2) is 8.40. The van der Waals surface area contributed by atoms with E-state index in [4.69, 9.17) is 4.74 Å². The molecule has 2 rings (SSSR count). The number of ether oxygens (including phenoxy) is 1. The highest BCUT2D eigenvalue weighted by Crippen LogP contribution is 2.20. The lowest BCUT2D eigenvalue weighted by molar-refractivity contribution is 0.147. The molecule has 0 radical (unpaired) electrons. The predicted octanol–water partition coefficient (Wildman–Crippen LogP) is 4.27. The molecule has 2 heteroatoms. The minimum Gasteiger partial charge on any atom is -0.388 e. The van der Waals surface area contributed by atoms with Gasteiger partial charge in [0.1, 0.15) is 0 Å². The molecule has 0 fully saturated rings. The third kappa shape index (κ3) is 5.54. The van der Waals surface area contributed by atoms with Gasteiger partial charge in [-0.15, -0.1) is 0 Å². The highest BCUT2D eigenvalue weighted by atomic mass is 16.5. The molecule has 2 nitrogen and oxygen atoms in total. The Morgan fingerprint density at radius 3 is 2.33 bits per heavy atom. The second-order valence-electron chi connectivity index (χ2n) is 5.18. The first kappa shape index (κ1) is 15.5. The van der Waals surface area contributed by atoms with Crippen LogP contribution in [0, 0.1) is 0 Å². The van der Waals surface area contributed by atoms with Crippen molar-refractivity contribution in [3.8, 4) is 0 Å². The summed E-state index contributed by atoms with van der Waals surface area (Å²) < 4.78 is 5.62. The van der Waals surface area contributed by atoms with Gasteiger partial charge in [0.2, 0.25) is 0 Å². The second-order valence-corrected chi connectivity index (χ2v) is 5.18. The van der Waals surface area contributed by atoms with E-state index in [0.29, 0.717) is 19.6 Å². The fourth-order valence-electron chi connectivity index (χ4n) is 2.13. The van der Waals surface area contributed by atoms with Gasteiger partial charge < -0.3 is 9.84 Å². The van der Waals surface area contributed by atoms with Crippen LogP contribution in [0.25, 0.3) is 0 Å². The largest absolute Gasteiger partial charge is 0.388 e. The summed E-state index contributed by atoms with van der Waals surface area (Å²) in [5, 5.41) is 10.1. The van der Waals surface area contributed by atoms with Gasteiger partial charge in [0.25, 0.3) is 0 Å². The zero-order valence-electron chi connectivity index (χ0n) is 12.4. The molecule has 0 aromatic heterocycles. The third-order valence-electron chi connectivity index (χ3n) is 3.36. The number of hydrogen-bond donors (Lipinski definition) is 1. The summed E-state index contributed by atoms with van der Waals surface area (Å²) in [5.41, 5.74) is 3.27. The van der Waals surface area contributed by atoms with Crippen LogP contribution in [-0.4, -0.2) is 11.7 Å². The molecule has 0 amide bonds. The molecule has 0 aliphatic carbocycles. The van der Waals surface area contributed by atoms with Crippen LogP contribution in [0.1, 0.15) is 30.6 Å². The van der Waals surface area contributed by atoms with Gasteiger partial charge in [0, 0.05) is 0 Å². The Morgan fingerprint density at radius 1 is 1.05 bits per heavy atom. The Balaban J connectivity index is 1.74. The van der Waals surface area contributed by atoms with Crippen LogP contribution in [0.3, 0.4) is 0 Å². The quantitative estimate of drug-likeness (QED) is 0.607. The molecule has 0 bridgehead atoms. The number of aliphatic hydroxyl groups excluding tert-OH is 1. The Kier molecular flexibility index (Phi) is 6.20.